The Balaban J connectivity index is 2.13. The first-order valence-electron chi connectivity index (χ1n) is 6.22. The fourth-order valence-corrected chi connectivity index (χ4v) is 2.69. The molecule has 2 aromatic carbocycles. The van der Waals surface area contributed by atoms with Crippen molar-refractivity contribution in [3.05, 3.63) is 54.1 Å². The van der Waals surface area contributed by atoms with Gasteiger partial charge in [0, 0.05) is 0 Å². The molecule has 0 bridgehead atoms. The first-order chi connectivity index (χ1) is 10.1. The minimum absolute atomic E-state index is 0.0718. The molecule has 112 valence electrons. The maximum absolute atomic E-state index is 12.0. The zero-order valence-corrected chi connectivity index (χ0v) is 12.6. The fourth-order valence-electron chi connectivity index (χ4n) is 1.77. The summed E-state index contributed by atoms with van der Waals surface area (Å²) in [5.74, 6) is 1.10. The summed E-state index contributed by atoms with van der Waals surface area (Å²) in [7, 11) is -0.713. The molecule has 0 fully saturated rings. The van der Waals surface area contributed by atoms with Gasteiger partial charge in [-0.25, -0.2) is 0 Å². The normalized spacial score (nSPS) is 11.1. The predicted octanol–water partition coefficient (Wildman–Crippen LogP) is 2.61. The number of ether oxygens (including phenoxy) is 2. The van der Waals surface area contributed by atoms with E-state index in [2.05, 4.69) is 0 Å². The highest BCUT2D eigenvalue weighted by Crippen LogP contribution is 2.28. The van der Waals surface area contributed by atoms with Crippen LogP contribution < -0.4 is 9.47 Å². The van der Waals surface area contributed by atoms with E-state index in [1.54, 1.807) is 36.4 Å². The molecule has 6 heteroatoms. The van der Waals surface area contributed by atoms with E-state index in [1.165, 1.54) is 26.4 Å². The van der Waals surface area contributed by atoms with Crippen LogP contribution in [0.25, 0.3) is 0 Å². The van der Waals surface area contributed by atoms with Crippen molar-refractivity contribution in [3.63, 3.8) is 0 Å². The van der Waals surface area contributed by atoms with E-state index in [0.29, 0.717) is 17.1 Å². The second kappa shape index (κ2) is 6.60. The van der Waals surface area contributed by atoms with Crippen molar-refractivity contribution in [3.8, 4) is 11.5 Å². The zero-order chi connectivity index (χ0) is 15.3. The molecule has 0 N–H and O–H groups in total. The molecule has 5 nitrogen and oxygen atoms in total. The number of hydrogen-bond acceptors (Lipinski definition) is 5. The Morgan fingerprint density at radius 2 is 1.57 bits per heavy atom. The van der Waals surface area contributed by atoms with Gasteiger partial charge in [0.2, 0.25) is 0 Å². The molecule has 2 aromatic rings. The summed E-state index contributed by atoms with van der Waals surface area (Å²) < 4.78 is 39.3. The molecule has 0 spiro atoms. The first-order valence-corrected chi connectivity index (χ1v) is 7.63. The van der Waals surface area contributed by atoms with Crippen molar-refractivity contribution in [1.82, 2.24) is 0 Å². The van der Waals surface area contributed by atoms with Gasteiger partial charge in [-0.3, -0.25) is 4.18 Å². The van der Waals surface area contributed by atoms with E-state index in [9.17, 15) is 8.42 Å². The average Bonchev–Trinajstić information content (AvgIpc) is 2.53. The largest absolute Gasteiger partial charge is 0.493 e. The van der Waals surface area contributed by atoms with Gasteiger partial charge >= 0.3 is 0 Å². The van der Waals surface area contributed by atoms with Gasteiger partial charge in [0.25, 0.3) is 10.1 Å². The average molecular weight is 308 g/mol. The molecule has 0 saturated carbocycles. The molecule has 0 saturated heterocycles. The summed E-state index contributed by atoms with van der Waals surface area (Å²) in [6.45, 7) is -0.0718. The third-order valence-corrected chi connectivity index (χ3v) is 4.14. The SMILES string of the molecule is COc1ccc(COS(=O)(=O)c2ccccc2)cc1OC. The van der Waals surface area contributed by atoms with Crippen molar-refractivity contribution in [2.45, 2.75) is 11.5 Å². The maximum atomic E-state index is 12.0. The molecule has 0 heterocycles. The lowest BCUT2D eigenvalue weighted by molar-refractivity contribution is 0.305. The third-order valence-electron chi connectivity index (χ3n) is 2.86. The number of benzene rings is 2. The van der Waals surface area contributed by atoms with Crippen LogP contribution in [-0.4, -0.2) is 22.6 Å². The Morgan fingerprint density at radius 3 is 2.19 bits per heavy atom. The van der Waals surface area contributed by atoms with Crippen molar-refractivity contribution in [2.75, 3.05) is 14.2 Å². The zero-order valence-electron chi connectivity index (χ0n) is 11.8. The summed E-state index contributed by atoms with van der Waals surface area (Å²) in [6.07, 6.45) is 0. The topological polar surface area (TPSA) is 61.8 Å². The van der Waals surface area contributed by atoms with Crippen LogP contribution in [0.3, 0.4) is 0 Å². The molecule has 0 aromatic heterocycles. The van der Waals surface area contributed by atoms with Crippen molar-refractivity contribution >= 4 is 10.1 Å². The molecular weight excluding hydrogens is 292 g/mol. The van der Waals surface area contributed by atoms with Gasteiger partial charge in [0.1, 0.15) is 0 Å². The molecule has 0 unspecified atom stereocenters. The van der Waals surface area contributed by atoms with Gasteiger partial charge in [-0.1, -0.05) is 24.3 Å². The van der Waals surface area contributed by atoms with Crippen LogP contribution in [0.15, 0.2) is 53.4 Å². The Kier molecular flexibility index (Phi) is 4.82. The highest BCUT2D eigenvalue weighted by Gasteiger charge is 2.15. The molecular formula is C15H16O5S. The van der Waals surface area contributed by atoms with Crippen LogP contribution in [0.1, 0.15) is 5.56 Å². The summed E-state index contributed by atoms with van der Waals surface area (Å²) in [6, 6.07) is 13.1. The predicted molar refractivity (Wildman–Crippen MR) is 78.0 cm³/mol. The minimum Gasteiger partial charge on any atom is -0.493 e. The van der Waals surface area contributed by atoms with Crippen LogP contribution in [-0.2, 0) is 20.9 Å². The highest BCUT2D eigenvalue weighted by atomic mass is 32.2. The van der Waals surface area contributed by atoms with E-state index in [4.69, 9.17) is 13.7 Å². The van der Waals surface area contributed by atoms with Crippen molar-refractivity contribution in [1.29, 1.82) is 0 Å². The molecule has 0 atom stereocenters. The maximum Gasteiger partial charge on any atom is 0.297 e. The lowest BCUT2D eigenvalue weighted by atomic mass is 10.2. The summed E-state index contributed by atoms with van der Waals surface area (Å²) >= 11 is 0. The standard InChI is InChI=1S/C15H16O5S/c1-18-14-9-8-12(10-15(14)19-2)11-20-21(16,17)13-6-4-3-5-7-13/h3-10H,11H2,1-2H3. The van der Waals surface area contributed by atoms with Crippen LogP contribution in [0.2, 0.25) is 0 Å². The summed E-state index contributed by atoms with van der Waals surface area (Å²) in [5.41, 5.74) is 0.673. The molecule has 0 aliphatic rings. The molecule has 0 radical (unpaired) electrons. The number of rotatable bonds is 6. The molecule has 0 aliphatic heterocycles. The molecule has 0 aliphatic carbocycles. The summed E-state index contributed by atoms with van der Waals surface area (Å²) in [5, 5.41) is 0. The Hall–Kier alpha value is -2.05. The quantitative estimate of drug-likeness (QED) is 0.768. The third kappa shape index (κ3) is 3.74. The van der Waals surface area contributed by atoms with Gasteiger partial charge in [-0.05, 0) is 29.8 Å². The fraction of sp³-hybridized carbons (Fsp3) is 0.200. The lowest BCUT2D eigenvalue weighted by Gasteiger charge is -2.10. The molecule has 2 rings (SSSR count). The van der Waals surface area contributed by atoms with Crippen molar-refractivity contribution < 1.29 is 22.1 Å². The Morgan fingerprint density at radius 1 is 0.905 bits per heavy atom. The monoisotopic (exact) mass is 308 g/mol. The van der Waals surface area contributed by atoms with Crippen LogP contribution in [0, 0.1) is 0 Å². The minimum atomic E-state index is -3.77. The Bertz CT molecular complexity index is 695. The van der Waals surface area contributed by atoms with E-state index >= 15 is 0 Å². The van der Waals surface area contributed by atoms with Crippen LogP contribution >= 0.6 is 0 Å². The Labute approximate surface area is 124 Å². The van der Waals surface area contributed by atoms with Gasteiger partial charge < -0.3 is 9.47 Å². The number of hydrogen-bond donors (Lipinski definition) is 0. The second-order valence-corrected chi connectivity index (χ2v) is 5.83. The van der Waals surface area contributed by atoms with Gasteiger partial charge in [-0.15, -0.1) is 0 Å². The van der Waals surface area contributed by atoms with E-state index < -0.39 is 10.1 Å². The van der Waals surface area contributed by atoms with Gasteiger partial charge in [-0.2, -0.15) is 8.42 Å². The van der Waals surface area contributed by atoms with Gasteiger partial charge in [0.05, 0.1) is 25.7 Å². The molecule has 21 heavy (non-hydrogen) atoms. The smallest absolute Gasteiger partial charge is 0.297 e. The lowest BCUT2D eigenvalue weighted by Crippen LogP contribution is -2.06. The molecule has 0 amide bonds. The van der Waals surface area contributed by atoms with E-state index in [1.807, 2.05) is 0 Å². The van der Waals surface area contributed by atoms with Crippen molar-refractivity contribution in [2.24, 2.45) is 0 Å². The van der Waals surface area contributed by atoms with Crippen LogP contribution in [0.4, 0.5) is 0 Å². The van der Waals surface area contributed by atoms with E-state index in [-0.39, 0.29) is 11.5 Å². The summed E-state index contributed by atoms with van der Waals surface area (Å²) in [4.78, 5) is 0.130. The highest BCUT2D eigenvalue weighted by molar-refractivity contribution is 7.86. The number of methoxy groups -OCH3 is 2. The van der Waals surface area contributed by atoms with E-state index in [0.717, 1.165) is 0 Å². The van der Waals surface area contributed by atoms with Gasteiger partial charge in [0.15, 0.2) is 11.5 Å². The second-order valence-electron chi connectivity index (χ2n) is 4.22. The van der Waals surface area contributed by atoms with Crippen LogP contribution in [0.5, 0.6) is 11.5 Å². The first kappa shape index (κ1) is 15.3.